The van der Waals surface area contributed by atoms with E-state index < -0.39 is 0 Å². The molecule has 1 aromatic carbocycles. The van der Waals surface area contributed by atoms with Crippen LogP contribution in [-0.4, -0.2) is 29.8 Å². The number of amides is 2. The van der Waals surface area contributed by atoms with E-state index in [1.165, 1.54) is 5.56 Å². The van der Waals surface area contributed by atoms with Crippen LogP contribution in [0.4, 0.5) is 0 Å². The number of nitrogens with zero attached hydrogens (tertiary/aromatic N) is 1. The van der Waals surface area contributed by atoms with Gasteiger partial charge in [0, 0.05) is 19.5 Å². The fourth-order valence-electron chi connectivity index (χ4n) is 3.37. The molecule has 1 atom stereocenters. The van der Waals surface area contributed by atoms with Crippen molar-refractivity contribution in [2.24, 2.45) is 0 Å². The van der Waals surface area contributed by atoms with E-state index in [-0.39, 0.29) is 17.9 Å². The summed E-state index contributed by atoms with van der Waals surface area (Å²) in [5.41, 5.74) is 2.42. The minimum absolute atomic E-state index is 0.0522. The molecular weight excluding hydrogens is 264 g/mol. The van der Waals surface area contributed by atoms with Crippen LogP contribution in [0.15, 0.2) is 24.3 Å². The summed E-state index contributed by atoms with van der Waals surface area (Å²) in [7, 11) is 0. The van der Waals surface area contributed by atoms with Gasteiger partial charge in [-0.2, -0.15) is 0 Å². The number of hydrogen-bond acceptors (Lipinski definition) is 2. The smallest absolute Gasteiger partial charge is 0.223 e. The Bertz CT molecular complexity index is 541. The van der Waals surface area contributed by atoms with Gasteiger partial charge >= 0.3 is 0 Å². The van der Waals surface area contributed by atoms with Crippen molar-refractivity contribution in [2.45, 2.75) is 44.6 Å². The Labute approximate surface area is 125 Å². The summed E-state index contributed by atoms with van der Waals surface area (Å²) < 4.78 is 0. The first-order chi connectivity index (χ1) is 10.3. The number of carbonyl (C=O) groups is 2. The molecule has 0 spiro atoms. The van der Waals surface area contributed by atoms with Crippen molar-refractivity contribution in [3.63, 3.8) is 0 Å². The summed E-state index contributed by atoms with van der Waals surface area (Å²) >= 11 is 0. The largest absolute Gasteiger partial charge is 0.356 e. The zero-order valence-corrected chi connectivity index (χ0v) is 12.3. The molecule has 1 aromatic rings. The molecule has 0 saturated carbocycles. The SMILES string of the molecule is O=C1CC2c3ccccc3CCN2C(=O)CCCCCN1. The quantitative estimate of drug-likeness (QED) is 0.795. The van der Waals surface area contributed by atoms with Gasteiger partial charge in [-0.15, -0.1) is 0 Å². The van der Waals surface area contributed by atoms with E-state index in [4.69, 9.17) is 0 Å². The van der Waals surface area contributed by atoms with Crippen molar-refractivity contribution < 1.29 is 9.59 Å². The fraction of sp³-hybridized carbons (Fsp3) is 0.529. The second kappa shape index (κ2) is 6.29. The minimum Gasteiger partial charge on any atom is -0.356 e. The number of rotatable bonds is 0. The molecule has 0 bridgehead atoms. The topological polar surface area (TPSA) is 49.4 Å². The van der Waals surface area contributed by atoms with Crippen LogP contribution in [0, 0.1) is 0 Å². The maximum absolute atomic E-state index is 12.5. The molecule has 2 amide bonds. The molecule has 1 N–H and O–H groups in total. The first-order valence-corrected chi connectivity index (χ1v) is 7.89. The summed E-state index contributed by atoms with van der Waals surface area (Å²) in [4.78, 5) is 26.5. The van der Waals surface area contributed by atoms with Gasteiger partial charge in [0.05, 0.1) is 12.5 Å². The van der Waals surface area contributed by atoms with Crippen LogP contribution in [-0.2, 0) is 16.0 Å². The standard InChI is InChI=1S/C17H22N2O2/c20-16-12-15-14-7-4-3-6-13(14)9-11-19(15)17(21)8-2-1-5-10-18-16/h3-4,6-7,15H,1-2,5,8-12H2,(H,18,20). The van der Waals surface area contributed by atoms with Crippen LogP contribution in [0.5, 0.6) is 0 Å². The third-order valence-electron chi connectivity index (χ3n) is 4.50. The molecule has 1 unspecified atom stereocenters. The van der Waals surface area contributed by atoms with Crippen LogP contribution in [0.25, 0.3) is 0 Å². The average Bonchev–Trinajstić information content (AvgIpc) is 2.53. The zero-order chi connectivity index (χ0) is 14.7. The maximum Gasteiger partial charge on any atom is 0.223 e. The summed E-state index contributed by atoms with van der Waals surface area (Å²) in [6.07, 6.45) is 4.75. The highest BCUT2D eigenvalue weighted by Crippen LogP contribution is 2.33. The fourth-order valence-corrected chi connectivity index (χ4v) is 3.37. The second-order valence-electron chi connectivity index (χ2n) is 5.92. The van der Waals surface area contributed by atoms with Crippen LogP contribution < -0.4 is 5.32 Å². The first kappa shape index (κ1) is 14.1. The molecule has 0 radical (unpaired) electrons. The van der Waals surface area contributed by atoms with E-state index in [9.17, 15) is 9.59 Å². The number of carbonyl (C=O) groups excluding carboxylic acids is 2. The number of hydrogen-bond donors (Lipinski definition) is 1. The van der Waals surface area contributed by atoms with Crippen LogP contribution in [0.2, 0.25) is 0 Å². The molecule has 4 heteroatoms. The average molecular weight is 286 g/mol. The van der Waals surface area contributed by atoms with Crippen molar-refractivity contribution in [2.75, 3.05) is 13.1 Å². The monoisotopic (exact) mass is 286 g/mol. The van der Waals surface area contributed by atoms with Crippen molar-refractivity contribution in [1.82, 2.24) is 10.2 Å². The van der Waals surface area contributed by atoms with Crippen molar-refractivity contribution in [3.05, 3.63) is 35.4 Å². The highest BCUT2D eigenvalue weighted by Gasteiger charge is 2.31. The van der Waals surface area contributed by atoms with Crippen LogP contribution in [0.3, 0.4) is 0 Å². The highest BCUT2D eigenvalue weighted by atomic mass is 16.2. The lowest BCUT2D eigenvalue weighted by molar-refractivity contribution is -0.135. The van der Waals surface area contributed by atoms with E-state index in [1.807, 2.05) is 17.0 Å². The van der Waals surface area contributed by atoms with Crippen molar-refractivity contribution in [1.29, 1.82) is 0 Å². The number of nitrogens with one attached hydrogen (secondary N) is 1. The third-order valence-corrected chi connectivity index (χ3v) is 4.50. The lowest BCUT2D eigenvalue weighted by Crippen LogP contribution is -2.42. The van der Waals surface area contributed by atoms with Gasteiger partial charge in [0.2, 0.25) is 11.8 Å². The molecule has 112 valence electrons. The highest BCUT2D eigenvalue weighted by molar-refractivity contribution is 5.80. The van der Waals surface area contributed by atoms with Crippen molar-refractivity contribution >= 4 is 11.8 Å². The van der Waals surface area contributed by atoms with Gasteiger partial charge in [-0.05, 0) is 30.4 Å². The van der Waals surface area contributed by atoms with E-state index in [0.29, 0.717) is 12.8 Å². The molecule has 1 fully saturated rings. The molecule has 4 nitrogen and oxygen atoms in total. The Kier molecular flexibility index (Phi) is 4.23. The molecule has 2 aliphatic rings. The Hall–Kier alpha value is -1.84. The number of benzene rings is 1. The van der Waals surface area contributed by atoms with Crippen LogP contribution in [0.1, 0.15) is 49.3 Å². The molecule has 3 rings (SSSR count). The Morgan fingerprint density at radius 2 is 1.90 bits per heavy atom. The van der Waals surface area contributed by atoms with Gasteiger partial charge in [0.15, 0.2) is 0 Å². The lowest BCUT2D eigenvalue weighted by Gasteiger charge is -2.37. The first-order valence-electron chi connectivity index (χ1n) is 7.89. The molecule has 0 aromatic heterocycles. The second-order valence-corrected chi connectivity index (χ2v) is 5.92. The van der Waals surface area contributed by atoms with E-state index in [2.05, 4.69) is 17.4 Å². The molecule has 2 heterocycles. The Morgan fingerprint density at radius 3 is 2.81 bits per heavy atom. The van der Waals surface area contributed by atoms with Crippen LogP contribution >= 0.6 is 0 Å². The van der Waals surface area contributed by atoms with Gasteiger partial charge in [-0.1, -0.05) is 30.7 Å². The maximum atomic E-state index is 12.5. The summed E-state index contributed by atoms with van der Waals surface area (Å²) in [6.45, 7) is 1.45. The summed E-state index contributed by atoms with van der Waals surface area (Å²) in [5.74, 6) is 0.251. The summed E-state index contributed by atoms with van der Waals surface area (Å²) in [6, 6.07) is 8.10. The van der Waals surface area contributed by atoms with E-state index in [0.717, 1.165) is 44.3 Å². The van der Waals surface area contributed by atoms with Gasteiger partial charge in [-0.3, -0.25) is 9.59 Å². The molecule has 0 aliphatic carbocycles. The third kappa shape index (κ3) is 3.09. The lowest BCUT2D eigenvalue weighted by atomic mass is 9.90. The zero-order valence-electron chi connectivity index (χ0n) is 12.3. The van der Waals surface area contributed by atoms with E-state index >= 15 is 0 Å². The molecule has 21 heavy (non-hydrogen) atoms. The predicted molar refractivity (Wildman–Crippen MR) is 80.7 cm³/mol. The summed E-state index contributed by atoms with van der Waals surface area (Å²) in [5, 5.41) is 2.98. The molecule has 2 aliphatic heterocycles. The Morgan fingerprint density at radius 1 is 1.05 bits per heavy atom. The Balaban J connectivity index is 1.91. The van der Waals surface area contributed by atoms with Crippen molar-refractivity contribution in [3.8, 4) is 0 Å². The van der Waals surface area contributed by atoms with Gasteiger partial charge in [0.1, 0.15) is 0 Å². The normalized spacial score (nSPS) is 23.6. The number of fused-ring (bicyclic) bond motifs is 3. The van der Waals surface area contributed by atoms with Gasteiger partial charge in [0.25, 0.3) is 0 Å². The van der Waals surface area contributed by atoms with E-state index in [1.54, 1.807) is 0 Å². The van der Waals surface area contributed by atoms with Gasteiger partial charge in [-0.25, -0.2) is 0 Å². The minimum atomic E-state index is -0.0967. The molecule has 1 saturated heterocycles. The van der Waals surface area contributed by atoms with Gasteiger partial charge < -0.3 is 10.2 Å². The predicted octanol–water partition coefficient (Wildman–Crippen LogP) is 2.19. The molecular formula is C17H22N2O2.